The monoisotopic (exact) mass is 378 g/mol. The highest BCUT2D eigenvalue weighted by Crippen LogP contribution is 2.36. The molecule has 2 aromatic heterocycles. The molecule has 0 spiro atoms. The van der Waals surface area contributed by atoms with Crippen LogP contribution in [0.3, 0.4) is 0 Å². The van der Waals surface area contributed by atoms with Gasteiger partial charge in [0.1, 0.15) is 24.0 Å². The smallest absolute Gasteiger partial charge is 0.349 e. The Balaban J connectivity index is 1.65. The van der Waals surface area contributed by atoms with Crippen LogP contribution in [0.2, 0.25) is 0 Å². The van der Waals surface area contributed by atoms with Crippen LogP contribution in [0, 0.1) is 6.92 Å². The Labute approximate surface area is 162 Å². The first kappa shape index (κ1) is 18.2. The summed E-state index contributed by atoms with van der Waals surface area (Å²) in [6.07, 6.45) is 7.13. The second kappa shape index (κ2) is 7.42. The van der Waals surface area contributed by atoms with Gasteiger partial charge in [0.2, 0.25) is 0 Å². The third kappa shape index (κ3) is 3.35. The van der Waals surface area contributed by atoms with E-state index in [0.717, 1.165) is 36.9 Å². The average molecular weight is 378 g/mol. The number of hydrogen-bond acceptors (Lipinski definition) is 5. The minimum Gasteiger partial charge on any atom is -0.427 e. The summed E-state index contributed by atoms with van der Waals surface area (Å²) >= 11 is 0. The molecule has 7 heteroatoms. The molecule has 1 aromatic carbocycles. The zero-order valence-corrected chi connectivity index (χ0v) is 15.9. The molecule has 2 heterocycles. The van der Waals surface area contributed by atoms with Crippen LogP contribution in [-0.2, 0) is 6.42 Å². The number of benzene rings is 1. The predicted molar refractivity (Wildman–Crippen MR) is 105 cm³/mol. The second-order valence-corrected chi connectivity index (χ2v) is 7.14. The van der Waals surface area contributed by atoms with Crippen LogP contribution < -0.4 is 10.9 Å². The van der Waals surface area contributed by atoms with Crippen LogP contribution in [0.15, 0.2) is 46.1 Å². The van der Waals surface area contributed by atoms with Crippen molar-refractivity contribution in [2.45, 2.75) is 45.4 Å². The van der Waals surface area contributed by atoms with Gasteiger partial charge in [-0.15, -0.1) is 10.2 Å². The van der Waals surface area contributed by atoms with E-state index in [0.29, 0.717) is 22.9 Å². The van der Waals surface area contributed by atoms with E-state index in [1.165, 1.54) is 0 Å². The lowest BCUT2D eigenvalue weighted by molar-refractivity contribution is 0.102. The Morgan fingerprint density at radius 3 is 2.61 bits per heavy atom. The normalized spacial score (nSPS) is 13.9. The predicted octanol–water partition coefficient (Wildman–Crippen LogP) is 3.61. The molecule has 1 aliphatic carbocycles. The Kier molecular flexibility index (Phi) is 4.81. The molecule has 3 aromatic rings. The van der Waals surface area contributed by atoms with Gasteiger partial charge in [-0.25, -0.2) is 4.79 Å². The molecule has 0 unspecified atom stereocenters. The fraction of sp³-hybridized carbons (Fsp3) is 0.333. The number of aryl methyl sites for hydroxylation is 2. The van der Waals surface area contributed by atoms with Gasteiger partial charge in [0.25, 0.3) is 5.91 Å². The van der Waals surface area contributed by atoms with E-state index in [4.69, 9.17) is 4.42 Å². The molecule has 1 N–H and O–H groups in total. The third-order valence-corrected chi connectivity index (χ3v) is 5.34. The van der Waals surface area contributed by atoms with Crippen LogP contribution in [0.5, 0.6) is 0 Å². The lowest BCUT2D eigenvalue weighted by Gasteiger charge is -2.24. The molecule has 0 radical (unpaired) electrons. The highest BCUT2D eigenvalue weighted by molar-refractivity contribution is 6.05. The Hall–Kier alpha value is -3.22. The van der Waals surface area contributed by atoms with Crippen molar-refractivity contribution in [2.24, 2.45) is 0 Å². The molecule has 7 nitrogen and oxygen atoms in total. The number of rotatable bonds is 5. The second-order valence-electron chi connectivity index (χ2n) is 7.14. The molecule has 1 fully saturated rings. The van der Waals surface area contributed by atoms with Crippen LogP contribution in [0.25, 0.3) is 5.69 Å². The van der Waals surface area contributed by atoms with Gasteiger partial charge in [-0.05, 0) is 55.5 Å². The fourth-order valence-corrected chi connectivity index (χ4v) is 3.47. The van der Waals surface area contributed by atoms with E-state index < -0.39 is 11.5 Å². The number of hydrogen-bond donors (Lipinski definition) is 1. The maximum Gasteiger partial charge on any atom is 0.349 e. The standard InChI is InChI=1S/C21H22N4O3/c1-3-14-7-8-16(25-11-22-23-12-25)10-17(14)24-20(26)19-13(2)9-18(28-21(19)27)15-5-4-6-15/h7-12,15H,3-6H2,1-2H3,(H,24,26). The van der Waals surface area contributed by atoms with Gasteiger partial charge in [0, 0.05) is 11.6 Å². The SMILES string of the molecule is CCc1ccc(-n2cnnc2)cc1NC(=O)c1c(C)cc(C2CCC2)oc1=O. The average Bonchev–Trinajstić information content (AvgIpc) is 3.14. The lowest BCUT2D eigenvalue weighted by atomic mass is 9.83. The summed E-state index contributed by atoms with van der Waals surface area (Å²) in [5.74, 6) is 0.534. The number of nitrogens with zero attached hydrogens (tertiary/aromatic N) is 3. The lowest BCUT2D eigenvalue weighted by Crippen LogP contribution is -2.24. The first-order valence-corrected chi connectivity index (χ1v) is 9.50. The number of amides is 1. The van der Waals surface area contributed by atoms with Crippen molar-refractivity contribution in [3.63, 3.8) is 0 Å². The molecule has 144 valence electrons. The zero-order chi connectivity index (χ0) is 19.7. The summed E-state index contributed by atoms with van der Waals surface area (Å²) in [6, 6.07) is 7.55. The molecule has 4 rings (SSSR count). The molecule has 1 saturated carbocycles. The number of carbonyl (C=O) groups excluding carboxylic acids is 1. The maximum absolute atomic E-state index is 12.9. The highest BCUT2D eigenvalue weighted by Gasteiger charge is 2.25. The van der Waals surface area contributed by atoms with Crippen molar-refractivity contribution in [2.75, 3.05) is 5.32 Å². The van der Waals surface area contributed by atoms with Gasteiger partial charge in [-0.2, -0.15) is 0 Å². The van der Waals surface area contributed by atoms with Crippen molar-refractivity contribution >= 4 is 11.6 Å². The van der Waals surface area contributed by atoms with E-state index in [9.17, 15) is 9.59 Å². The molecule has 1 aliphatic rings. The number of carbonyl (C=O) groups is 1. The summed E-state index contributed by atoms with van der Waals surface area (Å²) in [5, 5.41) is 10.5. The highest BCUT2D eigenvalue weighted by atomic mass is 16.4. The largest absolute Gasteiger partial charge is 0.427 e. The molecular weight excluding hydrogens is 356 g/mol. The fourth-order valence-electron chi connectivity index (χ4n) is 3.47. The first-order chi connectivity index (χ1) is 13.6. The number of nitrogens with one attached hydrogen (secondary N) is 1. The Bertz CT molecular complexity index is 1070. The summed E-state index contributed by atoms with van der Waals surface area (Å²) in [5.41, 5.74) is 2.57. The van der Waals surface area contributed by atoms with Gasteiger partial charge >= 0.3 is 5.63 Å². The van der Waals surface area contributed by atoms with Gasteiger partial charge in [-0.3, -0.25) is 9.36 Å². The van der Waals surface area contributed by atoms with E-state index in [-0.39, 0.29) is 5.56 Å². The summed E-state index contributed by atoms with van der Waals surface area (Å²) in [6.45, 7) is 3.79. The molecule has 0 aliphatic heterocycles. The van der Waals surface area contributed by atoms with Crippen LogP contribution in [0.4, 0.5) is 5.69 Å². The van der Waals surface area contributed by atoms with E-state index in [1.54, 1.807) is 24.1 Å². The van der Waals surface area contributed by atoms with Gasteiger partial charge in [0.05, 0.1) is 5.69 Å². The topological polar surface area (TPSA) is 90.0 Å². The van der Waals surface area contributed by atoms with Crippen LogP contribution in [-0.4, -0.2) is 20.7 Å². The van der Waals surface area contributed by atoms with E-state index in [1.807, 2.05) is 31.2 Å². The summed E-state index contributed by atoms with van der Waals surface area (Å²) < 4.78 is 7.21. The van der Waals surface area contributed by atoms with Crippen molar-refractivity contribution in [3.8, 4) is 5.69 Å². The van der Waals surface area contributed by atoms with Crippen molar-refractivity contribution < 1.29 is 9.21 Å². The summed E-state index contributed by atoms with van der Waals surface area (Å²) in [4.78, 5) is 25.4. The van der Waals surface area contributed by atoms with Crippen LogP contribution in [0.1, 0.15) is 59.3 Å². The molecule has 0 bridgehead atoms. The van der Waals surface area contributed by atoms with Gasteiger partial charge in [-0.1, -0.05) is 19.4 Å². The molecule has 0 saturated heterocycles. The Morgan fingerprint density at radius 2 is 2.00 bits per heavy atom. The minimum atomic E-state index is -0.576. The first-order valence-electron chi connectivity index (χ1n) is 9.50. The number of anilines is 1. The van der Waals surface area contributed by atoms with Gasteiger partial charge < -0.3 is 9.73 Å². The molecule has 1 amide bonds. The molecular formula is C21H22N4O3. The van der Waals surface area contributed by atoms with E-state index in [2.05, 4.69) is 15.5 Å². The zero-order valence-electron chi connectivity index (χ0n) is 15.9. The van der Waals surface area contributed by atoms with Crippen molar-refractivity contribution in [3.05, 3.63) is 69.8 Å². The number of aromatic nitrogens is 3. The third-order valence-electron chi connectivity index (χ3n) is 5.34. The van der Waals surface area contributed by atoms with E-state index >= 15 is 0 Å². The summed E-state index contributed by atoms with van der Waals surface area (Å²) in [7, 11) is 0. The van der Waals surface area contributed by atoms with Crippen molar-refractivity contribution in [1.82, 2.24) is 14.8 Å². The molecule has 0 atom stereocenters. The quantitative estimate of drug-likeness (QED) is 0.732. The van der Waals surface area contributed by atoms with Crippen LogP contribution >= 0.6 is 0 Å². The molecule has 28 heavy (non-hydrogen) atoms. The maximum atomic E-state index is 12.9. The Morgan fingerprint density at radius 1 is 1.25 bits per heavy atom. The minimum absolute atomic E-state index is 0.0554. The van der Waals surface area contributed by atoms with Gasteiger partial charge in [0.15, 0.2) is 0 Å². The van der Waals surface area contributed by atoms with Crippen molar-refractivity contribution in [1.29, 1.82) is 0 Å².